The number of sulfonamides is 1. The summed E-state index contributed by atoms with van der Waals surface area (Å²) in [5.74, 6) is 0. The van der Waals surface area contributed by atoms with E-state index in [1.54, 1.807) is 41.8 Å². The van der Waals surface area contributed by atoms with Gasteiger partial charge in [0.1, 0.15) is 5.25 Å². The van der Waals surface area contributed by atoms with Gasteiger partial charge >= 0.3 is 0 Å². The smallest absolute Gasteiger partial charge is 0.219 e. The number of aryl methyl sites for hydroxylation is 1. The first-order chi connectivity index (χ1) is 11.0. The highest BCUT2D eigenvalue weighted by Gasteiger charge is 2.44. The molecule has 2 aromatic heterocycles. The lowest BCUT2D eigenvalue weighted by Crippen LogP contribution is -2.39. The maximum absolute atomic E-state index is 12.7. The number of nitrogens with zero attached hydrogens (tertiary/aromatic N) is 2. The first-order valence-corrected chi connectivity index (χ1v) is 9.70. The van der Waals surface area contributed by atoms with E-state index in [1.165, 1.54) is 0 Å². The zero-order chi connectivity index (χ0) is 16.4. The highest BCUT2D eigenvalue weighted by molar-refractivity contribution is 7.90. The van der Waals surface area contributed by atoms with Crippen LogP contribution in [0.25, 0.3) is 0 Å². The van der Waals surface area contributed by atoms with E-state index in [-0.39, 0.29) is 19.2 Å². The molecule has 124 valence electrons. The number of rotatable bonds is 5. The summed E-state index contributed by atoms with van der Waals surface area (Å²) in [5, 5.41) is 2.97. The minimum Gasteiger partial charge on any atom is -0.297 e. The van der Waals surface area contributed by atoms with Gasteiger partial charge in [-0.1, -0.05) is 6.07 Å². The standard InChI is InChI=1S/C15H19N3O3S2/c1-11-6-8-22-15(11)14-13(10-21-18(14)2)23(19,20)17-9-12-5-3-4-7-16-12/h3-8,13-14,17H,9-10H2,1-2H3. The zero-order valence-corrected chi connectivity index (χ0v) is 14.6. The molecule has 0 aliphatic carbocycles. The lowest BCUT2D eigenvalue weighted by molar-refractivity contribution is -0.110. The average Bonchev–Trinajstić information content (AvgIpc) is 3.12. The van der Waals surface area contributed by atoms with Crippen molar-refractivity contribution in [3.8, 4) is 0 Å². The minimum absolute atomic E-state index is 0.149. The Hall–Kier alpha value is -1.32. The van der Waals surface area contributed by atoms with Crippen molar-refractivity contribution in [2.75, 3.05) is 13.7 Å². The molecule has 1 saturated heterocycles. The molecule has 2 aromatic rings. The van der Waals surface area contributed by atoms with Crippen molar-refractivity contribution >= 4 is 21.4 Å². The van der Waals surface area contributed by atoms with E-state index in [9.17, 15) is 8.42 Å². The fourth-order valence-corrected chi connectivity index (χ4v) is 5.32. The predicted molar refractivity (Wildman–Crippen MR) is 89.3 cm³/mol. The van der Waals surface area contributed by atoms with Crippen LogP contribution in [0.5, 0.6) is 0 Å². The zero-order valence-electron chi connectivity index (χ0n) is 13.0. The summed E-state index contributed by atoms with van der Waals surface area (Å²) in [5.41, 5.74) is 1.77. The lowest BCUT2D eigenvalue weighted by atomic mass is 10.1. The number of aromatic nitrogens is 1. The molecule has 23 heavy (non-hydrogen) atoms. The van der Waals surface area contributed by atoms with Crippen molar-refractivity contribution in [2.45, 2.75) is 24.8 Å². The Labute approximate surface area is 140 Å². The van der Waals surface area contributed by atoms with Crippen molar-refractivity contribution in [3.05, 3.63) is 52.0 Å². The third-order valence-electron chi connectivity index (χ3n) is 3.94. The second kappa shape index (κ2) is 6.66. The van der Waals surface area contributed by atoms with Crippen molar-refractivity contribution in [2.24, 2.45) is 0 Å². The van der Waals surface area contributed by atoms with Gasteiger partial charge in [0.15, 0.2) is 0 Å². The van der Waals surface area contributed by atoms with Gasteiger partial charge in [0.25, 0.3) is 0 Å². The largest absolute Gasteiger partial charge is 0.297 e. The summed E-state index contributed by atoms with van der Waals surface area (Å²) in [6, 6.07) is 7.13. The third kappa shape index (κ3) is 3.46. The SMILES string of the molecule is Cc1ccsc1C1C(S(=O)(=O)NCc2ccccn2)CON1C. The highest BCUT2D eigenvalue weighted by atomic mass is 32.2. The van der Waals surface area contributed by atoms with Crippen LogP contribution >= 0.6 is 11.3 Å². The summed E-state index contributed by atoms with van der Waals surface area (Å²) in [4.78, 5) is 10.7. The first-order valence-electron chi connectivity index (χ1n) is 7.27. The fraction of sp³-hybridized carbons (Fsp3) is 0.400. The van der Waals surface area contributed by atoms with Gasteiger partial charge in [-0.15, -0.1) is 11.3 Å². The third-order valence-corrected chi connectivity index (χ3v) is 6.76. The van der Waals surface area contributed by atoms with E-state index in [0.717, 1.165) is 10.4 Å². The van der Waals surface area contributed by atoms with Crippen LogP contribution in [-0.2, 0) is 21.4 Å². The van der Waals surface area contributed by atoms with Gasteiger partial charge in [-0.05, 0) is 36.1 Å². The number of thiophene rings is 1. The Bertz CT molecular complexity index is 761. The summed E-state index contributed by atoms with van der Waals surface area (Å²) < 4.78 is 28.1. The molecule has 0 spiro atoms. The van der Waals surface area contributed by atoms with E-state index >= 15 is 0 Å². The van der Waals surface area contributed by atoms with Crippen molar-refractivity contribution in [1.82, 2.24) is 14.8 Å². The molecule has 2 atom stereocenters. The van der Waals surface area contributed by atoms with Crippen molar-refractivity contribution in [3.63, 3.8) is 0 Å². The number of pyridine rings is 1. The van der Waals surface area contributed by atoms with Crippen LogP contribution in [0.2, 0.25) is 0 Å². The Balaban J connectivity index is 1.79. The monoisotopic (exact) mass is 353 g/mol. The maximum atomic E-state index is 12.7. The van der Waals surface area contributed by atoms with Crippen LogP contribution in [0.4, 0.5) is 0 Å². The van der Waals surface area contributed by atoms with E-state index in [1.807, 2.05) is 24.4 Å². The van der Waals surface area contributed by atoms with Crippen LogP contribution < -0.4 is 4.72 Å². The molecule has 0 radical (unpaired) electrons. The van der Waals surface area contributed by atoms with E-state index < -0.39 is 15.3 Å². The number of hydrogen-bond donors (Lipinski definition) is 1. The number of hydrogen-bond acceptors (Lipinski definition) is 6. The van der Waals surface area contributed by atoms with E-state index in [4.69, 9.17) is 4.84 Å². The molecule has 8 heteroatoms. The molecule has 1 fully saturated rings. The van der Waals surface area contributed by atoms with E-state index in [2.05, 4.69) is 9.71 Å². The van der Waals surface area contributed by atoms with Gasteiger partial charge in [-0.3, -0.25) is 9.82 Å². The molecule has 1 N–H and O–H groups in total. The van der Waals surface area contributed by atoms with Crippen LogP contribution in [-0.4, -0.2) is 37.4 Å². The van der Waals surface area contributed by atoms with Gasteiger partial charge in [0, 0.05) is 18.1 Å². The molecule has 6 nitrogen and oxygen atoms in total. The van der Waals surface area contributed by atoms with Gasteiger partial charge in [-0.2, -0.15) is 5.06 Å². The molecule has 2 unspecified atom stereocenters. The molecule has 1 aliphatic heterocycles. The molecule has 0 saturated carbocycles. The summed E-state index contributed by atoms with van der Waals surface area (Å²) in [6.07, 6.45) is 1.65. The van der Waals surface area contributed by atoms with Crippen LogP contribution in [0.3, 0.4) is 0 Å². The molecule has 1 aliphatic rings. The summed E-state index contributed by atoms with van der Waals surface area (Å²) >= 11 is 1.56. The first kappa shape index (κ1) is 16.5. The second-order valence-corrected chi connectivity index (χ2v) is 8.41. The van der Waals surface area contributed by atoms with Crippen molar-refractivity contribution < 1.29 is 13.3 Å². The molecule has 3 rings (SSSR count). The normalized spacial score (nSPS) is 22.5. The molecule has 0 aromatic carbocycles. The molecule has 0 bridgehead atoms. The Morgan fingerprint density at radius 2 is 2.26 bits per heavy atom. The molecular formula is C15H19N3O3S2. The molecular weight excluding hydrogens is 334 g/mol. The molecule has 3 heterocycles. The van der Waals surface area contributed by atoms with Crippen LogP contribution in [0.1, 0.15) is 22.2 Å². The van der Waals surface area contributed by atoms with Gasteiger partial charge in [-0.25, -0.2) is 13.1 Å². The van der Waals surface area contributed by atoms with Gasteiger partial charge < -0.3 is 0 Å². The average molecular weight is 353 g/mol. The lowest BCUT2D eigenvalue weighted by Gasteiger charge is -2.22. The fourth-order valence-electron chi connectivity index (χ4n) is 2.66. The van der Waals surface area contributed by atoms with E-state index in [0.29, 0.717) is 5.69 Å². The quantitative estimate of drug-likeness (QED) is 0.888. The minimum atomic E-state index is -3.53. The maximum Gasteiger partial charge on any atom is 0.219 e. The topological polar surface area (TPSA) is 71.5 Å². The Morgan fingerprint density at radius 3 is 2.91 bits per heavy atom. The van der Waals surface area contributed by atoms with Crippen LogP contribution in [0.15, 0.2) is 35.8 Å². The number of hydroxylamine groups is 2. The van der Waals surface area contributed by atoms with Crippen LogP contribution in [0, 0.1) is 6.92 Å². The van der Waals surface area contributed by atoms with Gasteiger partial charge in [0.2, 0.25) is 10.0 Å². The predicted octanol–water partition coefficient (Wildman–Crippen LogP) is 1.86. The van der Waals surface area contributed by atoms with Gasteiger partial charge in [0.05, 0.1) is 24.9 Å². The van der Waals surface area contributed by atoms with Crippen molar-refractivity contribution in [1.29, 1.82) is 0 Å². The number of nitrogens with one attached hydrogen (secondary N) is 1. The summed E-state index contributed by atoms with van der Waals surface area (Å²) in [6.45, 7) is 2.32. The summed E-state index contributed by atoms with van der Waals surface area (Å²) in [7, 11) is -1.76. The Morgan fingerprint density at radius 1 is 1.43 bits per heavy atom. The second-order valence-electron chi connectivity index (χ2n) is 5.48. The highest BCUT2D eigenvalue weighted by Crippen LogP contribution is 2.37. The molecule has 0 amide bonds. The Kier molecular flexibility index (Phi) is 4.79.